The zero-order chi connectivity index (χ0) is 18.6. The molecule has 0 aromatic heterocycles. The molecule has 0 bridgehead atoms. The van der Waals surface area contributed by atoms with Crippen LogP contribution < -0.4 is 4.90 Å². The van der Waals surface area contributed by atoms with E-state index < -0.39 is 17.9 Å². The second-order valence-electron chi connectivity index (χ2n) is 4.85. The van der Waals surface area contributed by atoms with E-state index in [9.17, 15) is 14.4 Å². The molecule has 1 aromatic rings. The van der Waals surface area contributed by atoms with Crippen LogP contribution in [0.25, 0.3) is 0 Å². The molecule has 1 aliphatic rings. The van der Waals surface area contributed by atoms with Crippen molar-refractivity contribution in [2.45, 2.75) is 0 Å². The van der Waals surface area contributed by atoms with Gasteiger partial charge in [-0.15, -0.1) is 0 Å². The zero-order valence-corrected chi connectivity index (χ0v) is 16.0. The second kappa shape index (κ2) is 8.30. The third-order valence-electron chi connectivity index (χ3n) is 3.51. The number of anilines is 1. The van der Waals surface area contributed by atoms with Crippen molar-refractivity contribution in [3.63, 3.8) is 0 Å². The Hall–Kier alpha value is -2.14. The highest BCUT2D eigenvalue weighted by Gasteiger charge is 2.33. The molecule has 0 N–H and O–H groups in total. The zero-order valence-electron chi connectivity index (χ0n) is 13.8. The first kappa shape index (κ1) is 19.2. The normalized spacial score (nSPS) is 14.2. The molecule has 0 spiro atoms. The van der Waals surface area contributed by atoms with E-state index in [1.165, 1.54) is 26.2 Å². The third-order valence-corrected chi connectivity index (χ3v) is 4.64. The van der Waals surface area contributed by atoms with Gasteiger partial charge in [0.1, 0.15) is 12.4 Å². The standard InChI is InChI=1S/C16H16INO7/c1-22-14(19)9-5-4-6-11(12(9)17)18-8-25-7-10(15(20)23-2)13(18)16(21)24-3/h4-6H,7-8H2,1-3H3. The lowest BCUT2D eigenvalue weighted by molar-refractivity contribution is -0.140. The minimum absolute atomic E-state index is 0.00551. The summed E-state index contributed by atoms with van der Waals surface area (Å²) in [5, 5.41) is 0. The van der Waals surface area contributed by atoms with Crippen molar-refractivity contribution >= 4 is 46.2 Å². The van der Waals surface area contributed by atoms with E-state index in [0.717, 1.165) is 0 Å². The maximum Gasteiger partial charge on any atom is 0.355 e. The van der Waals surface area contributed by atoms with Crippen LogP contribution in [0.2, 0.25) is 0 Å². The second-order valence-corrected chi connectivity index (χ2v) is 5.92. The number of esters is 3. The number of halogens is 1. The summed E-state index contributed by atoms with van der Waals surface area (Å²) in [6.07, 6.45) is 0. The van der Waals surface area contributed by atoms with Crippen LogP contribution >= 0.6 is 22.6 Å². The van der Waals surface area contributed by atoms with Gasteiger partial charge < -0.3 is 23.8 Å². The van der Waals surface area contributed by atoms with Crippen molar-refractivity contribution in [2.75, 3.05) is 39.6 Å². The predicted molar refractivity (Wildman–Crippen MR) is 94.9 cm³/mol. The lowest BCUT2D eigenvalue weighted by Gasteiger charge is -2.32. The maximum absolute atomic E-state index is 12.3. The van der Waals surface area contributed by atoms with Crippen molar-refractivity contribution < 1.29 is 33.3 Å². The number of methoxy groups -OCH3 is 3. The lowest BCUT2D eigenvalue weighted by atomic mass is 10.1. The third kappa shape index (κ3) is 3.76. The molecular formula is C16H16INO7. The van der Waals surface area contributed by atoms with Crippen molar-refractivity contribution in [1.82, 2.24) is 0 Å². The van der Waals surface area contributed by atoms with E-state index in [0.29, 0.717) is 14.8 Å². The monoisotopic (exact) mass is 461 g/mol. The molecular weight excluding hydrogens is 445 g/mol. The van der Waals surface area contributed by atoms with Gasteiger partial charge in [-0.3, -0.25) is 0 Å². The number of benzene rings is 1. The Balaban J connectivity index is 2.62. The highest BCUT2D eigenvalue weighted by molar-refractivity contribution is 14.1. The Labute approximate surface area is 157 Å². The van der Waals surface area contributed by atoms with Crippen LogP contribution in [0, 0.1) is 3.57 Å². The minimum Gasteiger partial charge on any atom is -0.466 e. The quantitative estimate of drug-likeness (QED) is 0.379. The molecule has 0 fully saturated rings. The van der Waals surface area contributed by atoms with Gasteiger partial charge in [-0.2, -0.15) is 0 Å². The molecule has 0 amide bonds. The van der Waals surface area contributed by atoms with Crippen LogP contribution in [0.5, 0.6) is 0 Å². The molecule has 0 radical (unpaired) electrons. The summed E-state index contributed by atoms with van der Waals surface area (Å²) in [6, 6.07) is 4.94. The summed E-state index contributed by atoms with van der Waals surface area (Å²) in [4.78, 5) is 37.7. The molecule has 0 aliphatic carbocycles. The van der Waals surface area contributed by atoms with Gasteiger partial charge in [-0.05, 0) is 34.7 Å². The molecule has 134 valence electrons. The van der Waals surface area contributed by atoms with Gasteiger partial charge in [-0.1, -0.05) is 6.07 Å². The molecule has 1 heterocycles. The molecule has 8 nitrogen and oxygen atoms in total. The van der Waals surface area contributed by atoms with Crippen molar-refractivity contribution in [1.29, 1.82) is 0 Å². The van der Waals surface area contributed by atoms with Crippen molar-refractivity contribution in [2.24, 2.45) is 0 Å². The first-order valence-corrected chi connectivity index (χ1v) is 8.16. The van der Waals surface area contributed by atoms with E-state index in [1.807, 2.05) is 22.6 Å². The van der Waals surface area contributed by atoms with Gasteiger partial charge >= 0.3 is 17.9 Å². The van der Waals surface area contributed by atoms with Gasteiger partial charge in [0.2, 0.25) is 0 Å². The van der Waals surface area contributed by atoms with Gasteiger partial charge in [0.05, 0.1) is 48.3 Å². The first-order valence-electron chi connectivity index (χ1n) is 7.08. The van der Waals surface area contributed by atoms with Crippen LogP contribution in [0.1, 0.15) is 10.4 Å². The van der Waals surface area contributed by atoms with E-state index in [-0.39, 0.29) is 24.6 Å². The summed E-state index contributed by atoms with van der Waals surface area (Å²) in [5.74, 6) is -1.91. The summed E-state index contributed by atoms with van der Waals surface area (Å²) in [7, 11) is 3.71. The Kier molecular flexibility index (Phi) is 6.37. The molecule has 1 aromatic carbocycles. The Morgan fingerprint density at radius 2 is 1.68 bits per heavy atom. The largest absolute Gasteiger partial charge is 0.466 e. The number of hydrogen-bond acceptors (Lipinski definition) is 8. The molecule has 0 atom stereocenters. The SMILES string of the molecule is COC(=O)C1=C(C(=O)OC)N(c2cccc(C(=O)OC)c2I)COC1. The molecule has 2 rings (SSSR count). The Bertz CT molecular complexity index is 744. The summed E-state index contributed by atoms with van der Waals surface area (Å²) >= 11 is 1.97. The van der Waals surface area contributed by atoms with Crippen molar-refractivity contribution in [3.8, 4) is 0 Å². The minimum atomic E-state index is -0.706. The summed E-state index contributed by atoms with van der Waals surface area (Å²) < 4.78 is 20.3. The highest BCUT2D eigenvalue weighted by atomic mass is 127. The average molecular weight is 461 g/mol. The van der Waals surface area contributed by atoms with Gasteiger partial charge in [-0.25, -0.2) is 14.4 Å². The van der Waals surface area contributed by atoms with Crippen molar-refractivity contribution in [3.05, 3.63) is 38.6 Å². The highest BCUT2D eigenvalue weighted by Crippen LogP contribution is 2.32. The number of nitrogens with zero attached hydrogens (tertiary/aromatic N) is 1. The number of carbonyl (C=O) groups excluding carboxylic acids is 3. The summed E-state index contributed by atoms with van der Waals surface area (Å²) in [6.45, 7) is -0.0770. The Morgan fingerprint density at radius 1 is 1.04 bits per heavy atom. The van der Waals surface area contributed by atoms with Crippen LogP contribution in [0.4, 0.5) is 5.69 Å². The lowest BCUT2D eigenvalue weighted by Crippen LogP contribution is -2.39. The van der Waals surface area contributed by atoms with Gasteiger partial charge in [0.25, 0.3) is 0 Å². The van der Waals surface area contributed by atoms with Gasteiger partial charge in [0, 0.05) is 0 Å². The number of ether oxygens (including phenoxy) is 4. The van der Waals surface area contributed by atoms with E-state index in [1.54, 1.807) is 18.2 Å². The molecule has 0 saturated heterocycles. The van der Waals surface area contributed by atoms with E-state index in [4.69, 9.17) is 18.9 Å². The molecule has 0 unspecified atom stereocenters. The maximum atomic E-state index is 12.3. The smallest absolute Gasteiger partial charge is 0.355 e. The number of rotatable bonds is 4. The van der Waals surface area contributed by atoms with Crippen LogP contribution in [-0.2, 0) is 28.5 Å². The fraction of sp³-hybridized carbons (Fsp3) is 0.312. The number of carbonyl (C=O) groups is 3. The van der Waals surface area contributed by atoms with Crippen LogP contribution in [0.15, 0.2) is 29.5 Å². The molecule has 1 aliphatic heterocycles. The van der Waals surface area contributed by atoms with Gasteiger partial charge in [0.15, 0.2) is 0 Å². The first-order chi connectivity index (χ1) is 12.0. The van der Waals surface area contributed by atoms with Crippen LogP contribution in [0.3, 0.4) is 0 Å². The fourth-order valence-corrected chi connectivity index (χ4v) is 3.20. The van der Waals surface area contributed by atoms with E-state index in [2.05, 4.69) is 0 Å². The Morgan fingerprint density at radius 3 is 2.28 bits per heavy atom. The van der Waals surface area contributed by atoms with Crippen LogP contribution in [-0.4, -0.2) is 52.6 Å². The topological polar surface area (TPSA) is 91.4 Å². The molecule has 0 saturated carbocycles. The molecule has 25 heavy (non-hydrogen) atoms. The van der Waals surface area contributed by atoms with E-state index >= 15 is 0 Å². The summed E-state index contributed by atoms with van der Waals surface area (Å²) in [5.41, 5.74) is 0.889. The predicted octanol–water partition coefficient (Wildman–Crippen LogP) is 1.47. The molecule has 9 heteroatoms. The average Bonchev–Trinajstić information content (AvgIpc) is 2.65. The fourth-order valence-electron chi connectivity index (χ4n) is 2.33. The number of hydrogen-bond donors (Lipinski definition) is 0.